The quantitative estimate of drug-likeness (QED) is 0.289. The van der Waals surface area contributed by atoms with Crippen LogP contribution in [0.1, 0.15) is 66.7 Å². The van der Waals surface area contributed by atoms with Crippen LogP contribution in [0.3, 0.4) is 0 Å². The molecule has 0 bridgehead atoms. The molecular weight excluding hydrogens is 444 g/mol. The zero-order chi connectivity index (χ0) is 25.4. The topological polar surface area (TPSA) is 87.0 Å². The van der Waals surface area contributed by atoms with Crippen molar-refractivity contribution in [2.75, 3.05) is 6.61 Å². The molecule has 2 rings (SSSR count). The van der Waals surface area contributed by atoms with E-state index in [1.165, 1.54) is 6.92 Å². The lowest BCUT2D eigenvalue weighted by atomic mass is 9.85. The molecule has 5 nitrogen and oxygen atoms in total. The lowest BCUT2D eigenvalue weighted by Gasteiger charge is -2.45. The standard InChI is InChI=1S/C28H42O5Si/c1-6-7-8-15-20-24(26(30)31)25(29)28(5,32)21-33-34(27(2,3)4,22-16-11-9-12-17-22)23-18-13-10-14-19-23/h9-14,16-19,24-25,29,32H,6-8,15,20-21H2,1-5H3,(H,30,31)/t24-,25+,28?/m0/s1. The number of benzene rings is 2. The smallest absolute Gasteiger partial charge is 0.309 e. The van der Waals surface area contributed by atoms with Crippen LogP contribution in [0.2, 0.25) is 5.04 Å². The molecule has 0 aliphatic carbocycles. The minimum absolute atomic E-state index is 0.166. The Morgan fingerprint density at radius 1 is 0.912 bits per heavy atom. The molecule has 3 atom stereocenters. The zero-order valence-corrected chi connectivity index (χ0v) is 22.3. The molecule has 6 heteroatoms. The first-order valence-corrected chi connectivity index (χ1v) is 14.3. The monoisotopic (exact) mass is 486 g/mol. The first-order valence-electron chi connectivity index (χ1n) is 12.4. The first kappa shape index (κ1) is 28.2. The Labute approximate surface area is 205 Å². The summed E-state index contributed by atoms with van der Waals surface area (Å²) in [5, 5.41) is 33.9. The summed E-state index contributed by atoms with van der Waals surface area (Å²) in [7, 11) is -2.92. The molecule has 3 N–H and O–H groups in total. The second kappa shape index (κ2) is 12.1. The molecule has 34 heavy (non-hydrogen) atoms. The fraction of sp³-hybridized carbons (Fsp3) is 0.536. The van der Waals surface area contributed by atoms with E-state index in [2.05, 4.69) is 52.0 Å². The lowest BCUT2D eigenvalue weighted by Crippen LogP contribution is -2.68. The van der Waals surface area contributed by atoms with E-state index >= 15 is 0 Å². The largest absolute Gasteiger partial charge is 0.481 e. The molecule has 0 aromatic heterocycles. The highest BCUT2D eigenvalue weighted by atomic mass is 28.4. The number of hydrogen-bond donors (Lipinski definition) is 3. The van der Waals surface area contributed by atoms with Crippen molar-refractivity contribution in [1.82, 2.24) is 0 Å². The van der Waals surface area contributed by atoms with Crippen molar-refractivity contribution >= 4 is 24.7 Å². The minimum Gasteiger partial charge on any atom is -0.481 e. The number of hydrogen-bond acceptors (Lipinski definition) is 4. The summed E-state index contributed by atoms with van der Waals surface area (Å²) >= 11 is 0. The van der Waals surface area contributed by atoms with Gasteiger partial charge in [-0.15, -0.1) is 0 Å². The molecule has 0 saturated carbocycles. The van der Waals surface area contributed by atoms with E-state index in [1.807, 2.05) is 36.4 Å². The third kappa shape index (κ3) is 6.57. The van der Waals surface area contributed by atoms with Gasteiger partial charge < -0.3 is 19.7 Å². The number of unbranched alkanes of at least 4 members (excludes halogenated alkanes) is 3. The Bertz CT molecular complexity index is 837. The Hall–Kier alpha value is -1.99. The van der Waals surface area contributed by atoms with E-state index in [-0.39, 0.29) is 11.6 Å². The van der Waals surface area contributed by atoms with Gasteiger partial charge in [0.25, 0.3) is 8.32 Å². The molecule has 0 aliphatic heterocycles. The maximum atomic E-state index is 12.0. The number of aliphatic hydroxyl groups excluding tert-OH is 1. The highest BCUT2D eigenvalue weighted by Gasteiger charge is 2.52. The molecule has 1 unspecified atom stereocenters. The van der Waals surface area contributed by atoms with Crippen LogP contribution in [0, 0.1) is 5.92 Å². The highest BCUT2D eigenvalue weighted by molar-refractivity contribution is 6.99. The number of carbonyl (C=O) groups is 1. The van der Waals surface area contributed by atoms with E-state index < -0.39 is 31.9 Å². The highest BCUT2D eigenvalue weighted by Crippen LogP contribution is 2.37. The van der Waals surface area contributed by atoms with Crippen molar-refractivity contribution in [3.8, 4) is 0 Å². The molecule has 2 aromatic rings. The second-order valence-corrected chi connectivity index (χ2v) is 14.9. The van der Waals surface area contributed by atoms with Crippen molar-refractivity contribution < 1.29 is 24.5 Å². The zero-order valence-electron chi connectivity index (χ0n) is 21.3. The normalized spacial score (nSPS) is 16.0. The predicted molar refractivity (Wildman–Crippen MR) is 140 cm³/mol. The van der Waals surface area contributed by atoms with Gasteiger partial charge in [0, 0.05) is 0 Å². The summed E-state index contributed by atoms with van der Waals surface area (Å²) in [5.41, 5.74) is -1.72. The Morgan fingerprint density at radius 2 is 1.41 bits per heavy atom. The maximum Gasteiger partial charge on any atom is 0.309 e. The Morgan fingerprint density at radius 3 is 1.82 bits per heavy atom. The second-order valence-electron chi connectivity index (χ2n) is 10.5. The SMILES string of the molecule is CCCCCC[C@H](C(=O)O)[C@@H](O)C(C)(O)CO[Si](c1ccccc1)(c1ccccc1)C(C)(C)C. The lowest BCUT2D eigenvalue weighted by molar-refractivity contribution is -0.159. The predicted octanol–water partition coefficient (Wildman–Crippen LogP) is 4.35. The average Bonchev–Trinajstić information content (AvgIpc) is 2.79. The van der Waals surface area contributed by atoms with E-state index in [0.717, 1.165) is 29.6 Å². The summed E-state index contributed by atoms with van der Waals surface area (Å²) < 4.78 is 6.76. The van der Waals surface area contributed by atoms with Gasteiger partial charge in [0.05, 0.1) is 18.6 Å². The van der Waals surface area contributed by atoms with E-state index in [1.54, 1.807) is 0 Å². The van der Waals surface area contributed by atoms with Crippen molar-refractivity contribution in [3.05, 3.63) is 60.7 Å². The van der Waals surface area contributed by atoms with Gasteiger partial charge in [0.2, 0.25) is 0 Å². The van der Waals surface area contributed by atoms with Crippen molar-refractivity contribution in [2.24, 2.45) is 5.92 Å². The number of rotatable bonds is 13. The molecule has 0 radical (unpaired) electrons. The van der Waals surface area contributed by atoms with E-state index in [4.69, 9.17) is 4.43 Å². The van der Waals surface area contributed by atoms with Crippen LogP contribution in [-0.2, 0) is 9.22 Å². The summed E-state index contributed by atoms with van der Waals surface area (Å²) in [6, 6.07) is 20.1. The van der Waals surface area contributed by atoms with Gasteiger partial charge in [0.1, 0.15) is 5.60 Å². The fourth-order valence-corrected chi connectivity index (χ4v) is 9.41. The molecule has 0 heterocycles. The third-order valence-electron chi connectivity index (χ3n) is 6.70. The molecule has 2 aromatic carbocycles. The number of carboxylic acid groups (broad SMARTS) is 1. The van der Waals surface area contributed by atoms with Crippen molar-refractivity contribution in [1.29, 1.82) is 0 Å². The van der Waals surface area contributed by atoms with Crippen LogP contribution < -0.4 is 10.4 Å². The van der Waals surface area contributed by atoms with Crippen LogP contribution in [0.25, 0.3) is 0 Å². The van der Waals surface area contributed by atoms with Crippen molar-refractivity contribution in [2.45, 2.75) is 83.5 Å². The molecule has 0 spiro atoms. The van der Waals surface area contributed by atoms with Gasteiger partial charge in [-0.2, -0.15) is 0 Å². The summed E-state index contributed by atoms with van der Waals surface area (Å²) in [6.45, 7) is 9.82. The van der Waals surface area contributed by atoms with Gasteiger partial charge in [-0.25, -0.2) is 0 Å². The summed E-state index contributed by atoms with van der Waals surface area (Å²) in [5.74, 6) is -2.13. The third-order valence-corrected chi connectivity index (χ3v) is 11.7. The molecule has 0 amide bonds. The van der Waals surface area contributed by atoms with Crippen LogP contribution >= 0.6 is 0 Å². The molecule has 188 valence electrons. The van der Waals surface area contributed by atoms with Gasteiger partial charge >= 0.3 is 5.97 Å². The van der Waals surface area contributed by atoms with Crippen LogP contribution in [0.5, 0.6) is 0 Å². The molecule has 0 aliphatic rings. The van der Waals surface area contributed by atoms with Crippen LogP contribution in [-0.4, -0.2) is 47.9 Å². The van der Waals surface area contributed by atoms with Crippen LogP contribution in [0.15, 0.2) is 60.7 Å². The molecule has 0 saturated heterocycles. The Kier molecular flexibility index (Phi) is 10.1. The fourth-order valence-electron chi connectivity index (χ4n) is 4.74. The first-order chi connectivity index (χ1) is 16.0. The maximum absolute atomic E-state index is 12.0. The minimum atomic E-state index is -2.92. The van der Waals surface area contributed by atoms with E-state index in [9.17, 15) is 20.1 Å². The van der Waals surface area contributed by atoms with Gasteiger partial charge in [-0.1, -0.05) is 114 Å². The van der Waals surface area contributed by atoms with Gasteiger partial charge in [-0.3, -0.25) is 4.79 Å². The van der Waals surface area contributed by atoms with E-state index in [0.29, 0.717) is 12.8 Å². The molecular formula is C28H42O5Si. The molecule has 0 fully saturated rings. The van der Waals surface area contributed by atoms with Gasteiger partial charge in [-0.05, 0) is 28.8 Å². The van der Waals surface area contributed by atoms with Crippen molar-refractivity contribution in [3.63, 3.8) is 0 Å². The Balaban J connectivity index is 2.39. The summed E-state index contributed by atoms with van der Waals surface area (Å²) in [6.07, 6.45) is 2.57. The number of carboxylic acids is 1. The van der Waals surface area contributed by atoms with Gasteiger partial charge in [0.15, 0.2) is 0 Å². The number of aliphatic carboxylic acids is 1. The average molecular weight is 487 g/mol. The summed E-state index contributed by atoms with van der Waals surface area (Å²) in [4.78, 5) is 12.0. The number of aliphatic hydroxyl groups is 2. The van der Waals surface area contributed by atoms with Crippen LogP contribution in [0.4, 0.5) is 0 Å².